The topological polar surface area (TPSA) is 66.0 Å². The maximum absolute atomic E-state index is 11.6. The molecule has 0 aliphatic carbocycles. The number of nitrogens with one attached hydrogen (secondary N) is 2. The summed E-state index contributed by atoms with van der Waals surface area (Å²) in [5.41, 5.74) is 1.08. The Bertz CT molecular complexity index is 510. The molecule has 0 unspecified atom stereocenters. The van der Waals surface area contributed by atoms with Gasteiger partial charge in [0.25, 0.3) is 0 Å². The van der Waals surface area contributed by atoms with Crippen molar-refractivity contribution in [3.05, 3.63) is 29.8 Å². The molecule has 128 valence electrons. The molecule has 0 spiro atoms. The summed E-state index contributed by atoms with van der Waals surface area (Å²) in [4.78, 5) is 17.7. The van der Waals surface area contributed by atoms with Crippen molar-refractivity contribution in [3.8, 4) is 5.75 Å². The number of hydrogen-bond acceptors (Lipinski definition) is 3. The van der Waals surface area contributed by atoms with Crippen LogP contribution in [-0.2, 0) is 11.3 Å². The molecule has 1 rings (SSSR count). The third-order valence-electron chi connectivity index (χ3n) is 2.96. The summed E-state index contributed by atoms with van der Waals surface area (Å²) in [5, 5.41) is 6.16. The van der Waals surface area contributed by atoms with E-state index in [0.29, 0.717) is 12.5 Å². The van der Waals surface area contributed by atoms with E-state index in [1.165, 1.54) is 0 Å². The number of nitrogens with zero attached hydrogens (tertiary/aromatic N) is 2. The molecule has 0 saturated carbocycles. The highest BCUT2D eigenvalue weighted by molar-refractivity contribution is 5.86. The van der Waals surface area contributed by atoms with Gasteiger partial charge in [0, 0.05) is 20.6 Å². The second kappa shape index (κ2) is 9.71. The Morgan fingerprint density at radius 3 is 2.39 bits per heavy atom. The summed E-state index contributed by atoms with van der Waals surface area (Å²) < 4.78 is 5.62. The predicted molar refractivity (Wildman–Crippen MR) is 93.7 cm³/mol. The number of benzene rings is 1. The van der Waals surface area contributed by atoms with Crippen LogP contribution in [-0.4, -0.2) is 50.1 Å². The molecular weight excluding hydrogens is 292 g/mol. The molecule has 6 nitrogen and oxygen atoms in total. The van der Waals surface area contributed by atoms with Gasteiger partial charge in [-0.3, -0.25) is 4.79 Å². The Morgan fingerprint density at radius 1 is 1.22 bits per heavy atom. The van der Waals surface area contributed by atoms with Crippen LogP contribution in [0.15, 0.2) is 29.3 Å². The van der Waals surface area contributed by atoms with Crippen molar-refractivity contribution in [2.24, 2.45) is 4.99 Å². The summed E-state index contributed by atoms with van der Waals surface area (Å²) in [6.45, 7) is 7.49. The standard InChI is InChI=1S/C17H28N4O2/c1-6-18-17(20-12-16(22)21(4)5)19-11-14-7-9-15(10-8-14)23-13(2)3/h7-10,13H,6,11-12H2,1-5H3,(H2,18,19,20). The zero-order chi connectivity index (χ0) is 17.2. The van der Waals surface area contributed by atoms with E-state index >= 15 is 0 Å². The average molecular weight is 320 g/mol. The fourth-order valence-electron chi connectivity index (χ4n) is 1.78. The van der Waals surface area contributed by atoms with Crippen LogP contribution in [0.5, 0.6) is 5.75 Å². The van der Waals surface area contributed by atoms with E-state index in [2.05, 4.69) is 15.6 Å². The van der Waals surface area contributed by atoms with Crippen molar-refractivity contribution in [2.45, 2.75) is 33.4 Å². The number of aliphatic imine (C=N–C) groups is 1. The first-order chi connectivity index (χ1) is 10.9. The first-order valence-electron chi connectivity index (χ1n) is 7.90. The van der Waals surface area contributed by atoms with Gasteiger partial charge in [0.05, 0.1) is 19.2 Å². The highest BCUT2D eigenvalue weighted by atomic mass is 16.5. The van der Waals surface area contributed by atoms with Crippen molar-refractivity contribution in [1.29, 1.82) is 0 Å². The van der Waals surface area contributed by atoms with E-state index < -0.39 is 0 Å². The van der Waals surface area contributed by atoms with Gasteiger partial charge in [0.15, 0.2) is 5.96 Å². The van der Waals surface area contributed by atoms with Crippen molar-refractivity contribution in [2.75, 3.05) is 27.2 Å². The summed E-state index contributed by atoms with van der Waals surface area (Å²) in [7, 11) is 3.46. The van der Waals surface area contributed by atoms with Crippen molar-refractivity contribution in [1.82, 2.24) is 15.5 Å². The van der Waals surface area contributed by atoms with Crippen LogP contribution in [0.2, 0.25) is 0 Å². The average Bonchev–Trinajstić information content (AvgIpc) is 2.50. The summed E-state index contributed by atoms with van der Waals surface area (Å²) in [6.07, 6.45) is 0.165. The van der Waals surface area contributed by atoms with Crippen LogP contribution in [0.25, 0.3) is 0 Å². The smallest absolute Gasteiger partial charge is 0.241 e. The normalized spacial score (nSPS) is 11.3. The molecule has 2 N–H and O–H groups in total. The fourth-order valence-corrected chi connectivity index (χ4v) is 1.78. The zero-order valence-corrected chi connectivity index (χ0v) is 14.7. The van der Waals surface area contributed by atoms with Gasteiger partial charge >= 0.3 is 0 Å². The minimum Gasteiger partial charge on any atom is -0.491 e. The summed E-state index contributed by atoms with van der Waals surface area (Å²) >= 11 is 0. The molecule has 0 saturated heterocycles. The monoisotopic (exact) mass is 320 g/mol. The first kappa shape index (κ1) is 18.8. The Labute approximate surface area is 138 Å². The van der Waals surface area contributed by atoms with Gasteiger partial charge in [-0.25, -0.2) is 4.99 Å². The lowest BCUT2D eigenvalue weighted by molar-refractivity contribution is -0.127. The molecule has 1 aromatic carbocycles. The van der Waals surface area contributed by atoms with Crippen molar-refractivity contribution < 1.29 is 9.53 Å². The van der Waals surface area contributed by atoms with Gasteiger partial charge in [-0.15, -0.1) is 0 Å². The Morgan fingerprint density at radius 2 is 1.87 bits per heavy atom. The van der Waals surface area contributed by atoms with E-state index in [1.54, 1.807) is 19.0 Å². The molecule has 0 aliphatic rings. The second-order valence-corrected chi connectivity index (χ2v) is 5.65. The Hall–Kier alpha value is -2.24. The first-order valence-corrected chi connectivity index (χ1v) is 7.90. The molecule has 0 heterocycles. The van der Waals surface area contributed by atoms with Crippen LogP contribution < -0.4 is 15.4 Å². The van der Waals surface area contributed by atoms with E-state index in [9.17, 15) is 4.79 Å². The fraction of sp³-hybridized carbons (Fsp3) is 0.529. The minimum absolute atomic E-state index is 0.00536. The number of likely N-dealkylation sites (N-methyl/N-ethyl adjacent to an activating group) is 1. The van der Waals surface area contributed by atoms with Crippen LogP contribution in [0.1, 0.15) is 26.3 Å². The molecule has 0 aliphatic heterocycles. The third-order valence-corrected chi connectivity index (χ3v) is 2.96. The van der Waals surface area contributed by atoms with E-state index in [-0.39, 0.29) is 18.6 Å². The number of ether oxygens (including phenoxy) is 1. The highest BCUT2D eigenvalue weighted by Crippen LogP contribution is 2.14. The summed E-state index contributed by atoms with van der Waals surface area (Å²) in [6, 6.07) is 7.88. The number of carbonyl (C=O) groups excluding carboxylic acids is 1. The second-order valence-electron chi connectivity index (χ2n) is 5.65. The maximum atomic E-state index is 11.6. The number of rotatable bonds is 7. The number of amides is 1. The van der Waals surface area contributed by atoms with Crippen LogP contribution in [0.4, 0.5) is 0 Å². The van der Waals surface area contributed by atoms with Crippen molar-refractivity contribution in [3.63, 3.8) is 0 Å². The van der Waals surface area contributed by atoms with Gasteiger partial charge in [-0.1, -0.05) is 12.1 Å². The molecular formula is C17H28N4O2. The van der Waals surface area contributed by atoms with E-state index in [0.717, 1.165) is 17.9 Å². The van der Waals surface area contributed by atoms with Crippen molar-refractivity contribution >= 4 is 11.9 Å². The minimum atomic E-state index is 0.00536. The predicted octanol–water partition coefficient (Wildman–Crippen LogP) is 1.62. The van der Waals surface area contributed by atoms with Crippen LogP contribution in [0.3, 0.4) is 0 Å². The van der Waals surface area contributed by atoms with Gasteiger partial charge in [-0.05, 0) is 38.5 Å². The van der Waals surface area contributed by atoms with E-state index in [1.807, 2.05) is 45.0 Å². The van der Waals surface area contributed by atoms with E-state index in [4.69, 9.17) is 4.74 Å². The molecule has 6 heteroatoms. The largest absolute Gasteiger partial charge is 0.491 e. The highest BCUT2D eigenvalue weighted by Gasteiger charge is 2.05. The third kappa shape index (κ3) is 7.54. The lowest BCUT2D eigenvalue weighted by atomic mass is 10.2. The van der Waals surface area contributed by atoms with Gasteiger partial charge in [0.1, 0.15) is 5.75 Å². The molecule has 23 heavy (non-hydrogen) atoms. The van der Waals surface area contributed by atoms with Gasteiger partial charge in [-0.2, -0.15) is 0 Å². The molecule has 0 atom stereocenters. The van der Waals surface area contributed by atoms with Gasteiger partial charge in [0.2, 0.25) is 5.91 Å². The number of guanidine groups is 1. The van der Waals surface area contributed by atoms with Gasteiger partial charge < -0.3 is 20.3 Å². The summed E-state index contributed by atoms with van der Waals surface area (Å²) in [5.74, 6) is 1.49. The molecule has 1 aromatic rings. The zero-order valence-electron chi connectivity index (χ0n) is 14.7. The molecule has 0 bridgehead atoms. The lowest BCUT2D eigenvalue weighted by Crippen LogP contribution is -2.42. The Kier molecular flexibility index (Phi) is 7.94. The number of carbonyl (C=O) groups is 1. The van der Waals surface area contributed by atoms with Crippen LogP contribution in [0, 0.1) is 0 Å². The van der Waals surface area contributed by atoms with Crippen LogP contribution >= 0.6 is 0 Å². The molecule has 1 amide bonds. The Balaban J connectivity index is 2.60. The SMILES string of the molecule is CCNC(=NCc1ccc(OC(C)C)cc1)NCC(=O)N(C)C. The number of hydrogen-bond donors (Lipinski definition) is 2. The quantitative estimate of drug-likeness (QED) is 0.592. The molecule has 0 radical (unpaired) electrons. The maximum Gasteiger partial charge on any atom is 0.241 e. The molecule has 0 aromatic heterocycles. The molecule has 0 fully saturated rings. The lowest BCUT2D eigenvalue weighted by Gasteiger charge is -2.14.